The van der Waals surface area contributed by atoms with Crippen molar-refractivity contribution in [3.05, 3.63) is 0 Å². The van der Waals surface area contributed by atoms with Crippen molar-refractivity contribution in [1.82, 2.24) is 31.9 Å². The van der Waals surface area contributed by atoms with Gasteiger partial charge in [0.05, 0.1) is 12.6 Å². The van der Waals surface area contributed by atoms with E-state index in [1.54, 1.807) is 13.8 Å². The van der Waals surface area contributed by atoms with Gasteiger partial charge in [-0.2, -0.15) is 0 Å². The number of aliphatic hydroxyl groups excluding tert-OH is 1. The van der Waals surface area contributed by atoms with E-state index in [0.717, 1.165) is 0 Å². The van der Waals surface area contributed by atoms with Crippen LogP contribution >= 0.6 is 0 Å². The van der Waals surface area contributed by atoms with Crippen molar-refractivity contribution in [3.63, 3.8) is 0 Å². The monoisotopic (exact) mass is 771 g/mol. The van der Waals surface area contributed by atoms with Gasteiger partial charge in [-0.1, -0.05) is 27.7 Å². The van der Waals surface area contributed by atoms with E-state index in [1.165, 1.54) is 13.8 Å². The Hall–Kier alpha value is -5.25. The lowest BCUT2D eigenvalue weighted by Gasteiger charge is -2.27. The summed E-state index contributed by atoms with van der Waals surface area (Å²) in [4.78, 5) is 97.5. The first-order valence-corrected chi connectivity index (χ1v) is 17.6. The minimum Gasteiger partial charge on any atom is -0.480 e. The molecule has 0 aromatic heterocycles. The maximum atomic E-state index is 13.6. The molecule has 22 nitrogen and oxygen atoms in total. The highest BCUT2D eigenvalue weighted by Crippen LogP contribution is 2.08. The number of carbonyl (C=O) groups is 7. The molecule has 0 spiro atoms. The van der Waals surface area contributed by atoms with Crippen LogP contribution in [-0.4, -0.2) is 126 Å². The number of rotatable bonds is 25. The number of carboxylic acid groups (broad SMARTS) is 1. The second-order valence-electron chi connectivity index (χ2n) is 13.5. The predicted molar refractivity (Wildman–Crippen MR) is 200 cm³/mol. The lowest BCUT2D eigenvalue weighted by atomic mass is 10.0. The third-order valence-electron chi connectivity index (χ3n) is 7.76. The summed E-state index contributed by atoms with van der Waals surface area (Å²) < 4.78 is 0. The third kappa shape index (κ3) is 19.5. The number of nitrogens with two attached hydrogens (primary N) is 5. The fourth-order valence-electron chi connectivity index (χ4n) is 4.73. The zero-order valence-corrected chi connectivity index (χ0v) is 31.9. The standard InChI is InChI=1S/C32H61N13O9/c1-15(2)13-19(33)25(48)42-21(10-8-12-39-32(36)37)27(50)43-20(9-7-11-38-31(34)35)26(49)40-17(5)24(47)44-22(14-46)28(51)45-23(16(3)4)29(52)41-18(6)30(53)54/h15-23,46H,7-14,33H2,1-6H3,(H,40,49)(H,41,52)(H,42,48)(H,43,50)(H,44,47)(H,45,51)(H,53,54)(H4,34,35,38)(H4,36,37,39). The Morgan fingerprint density at radius 1 is 0.574 bits per heavy atom. The molecule has 0 aromatic carbocycles. The Morgan fingerprint density at radius 3 is 1.43 bits per heavy atom. The Balaban J connectivity index is 5.96. The van der Waals surface area contributed by atoms with Crippen LogP contribution in [0.25, 0.3) is 0 Å². The molecule has 6 amide bonds. The molecule has 0 aliphatic carbocycles. The van der Waals surface area contributed by atoms with Crippen molar-refractivity contribution in [2.24, 2.45) is 50.5 Å². The van der Waals surface area contributed by atoms with Gasteiger partial charge in [0.2, 0.25) is 35.4 Å². The number of aliphatic hydroxyl groups is 1. The average molecular weight is 772 g/mol. The number of aliphatic imine (C=N–C) groups is 2. The maximum Gasteiger partial charge on any atom is 0.325 e. The quantitative estimate of drug-likeness (QED) is 0.0235. The molecule has 0 saturated carbocycles. The van der Waals surface area contributed by atoms with E-state index in [1.807, 2.05) is 13.8 Å². The first-order chi connectivity index (χ1) is 25.1. The van der Waals surface area contributed by atoms with Crippen molar-refractivity contribution < 1.29 is 43.8 Å². The van der Waals surface area contributed by atoms with E-state index in [4.69, 9.17) is 33.8 Å². The molecule has 0 bridgehead atoms. The van der Waals surface area contributed by atoms with Crippen molar-refractivity contribution in [2.45, 2.75) is 116 Å². The molecule has 18 N–H and O–H groups in total. The summed E-state index contributed by atoms with van der Waals surface area (Å²) in [5.74, 6) is -6.83. The molecule has 0 aliphatic heterocycles. The molecular formula is C32H61N13O9. The number of aliphatic carboxylic acids is 1. The summed E-state index contributed by atoms with van der Waals surface area (Å²) in [6.07, 6.45) is 0.901. The summed E-state index contributed by atoms with van der Waals surface area (Å²) in [6, 6.07) is -8.66. The second-order valence-corrected chi connectivity index (χ2v) is 13.5. The van der Waals surface area contributed by atoms with Crippen LogP contribution in [0.2, 0.25) is 0 Å². The van der Waals surface area contributed by atoms with Gasteiger partial charge >= 0.3 is 5.97 Å². The number of carboxylic acids is 1. The molecule has 0 aliphatic rings. The highest BCUT2D eigenvalue weighted by molar-refractivity contribution is 5.97. The summed E-state index contributed by atoms with van der Waals surface area (Å²) in [6.45, 7) is 8.84. The number of carbonyl (C=O) groups excluding carboxylic acids is 6. The van der Waals surface area contributed by atoms with Crippen molar-refractivity contribution in [1.29, 1.82) is 0 Å². The maximum absolute atomic E-state index is 13.6. The number of nitrogens with one attached hydrogen (secondary N) is 6. The molecule has 22 heteroatoms. The van der Waals surface area contributed by atoms with Gasteiger partial charge in [0.15, 0.2) is 11.9 Å². The third-order valence-corrected chi connectivity index (χ3v) is 7.76. The number of hydrogen-bond acceptors (Lipinski definition) is 11. The van der Waals surface area contributed by atoms with Crippen LogP contribution in [0.1, 0.15) is 73.6 Å². The van der Waals surface area contributed by atoms with Gasteiger partial charge in [-0.3, -0.25) is 43.5 Å². The molecule has 308 valence electrons. The summed E-state index contributed by atoms with van der Waals surface area (Å²) in [5.41, 5.74) is 27.6. The molecule has 0 radical (unpaired) electrons. The summed E-state index contributed by atoms with van der Waals surface area (Å²) in [5, 5.41) is 33.6. The minimum absolute atomic E-state index is 0.00889. The van der Waals surface area contributed by atoms with Crippen LogP contribution in [0, 0.1) is 11.8 Å². The Morgan fingerprint density at radius 2 is 1.00 bits per heavy atom. The Labute approximate surface area is 315 Å². The molecule has 0 fully saturated rings. The molecule has 54 heavy (non-hydrogen) atoms. The molecule has 0 saturated heterocycles. The van der Waals surface area contributed by atoms with E-state index in [0.29, 0.717) is 6.42 Å². The van der Waals surface area contributed by atoms with Gasteiger partial charge in [0.25, 0.3) is 0 Å². The molecule has 7 unspecified atom stereocenters. The van der Waals surface area contributed by atoms with Crippen LogP contribution in [0.3, 0.4) is 0 Å². The fourth-order valence-corrected chi connectivity index (χ4v) is 4.73. The van der Waals surface area contributed by atoms with Gasteiger partial charge in [-0.25, -0.2) is 0 Å². The zero-order valence-electron chi connectivity index (χ0n) is 31.9. The van der Waals surface area contributed by atoms with Crippen LogP contribution in [-0.2, 0) is 33.6 Å². The average Bonchev–Trinajstić information content (AvgIpc) is 3.07. The normalized spacial score (nSPS) is 14.9. The fraction of sp³-hybridized carbons (Fsp3) is 0.719. The number of hydrogen-bond donors (Lipinski definition) is 13. The van der Waals surface area contributed by atoms with Gasteiger partial charge in [0.1, 0.15) is 36.3 Å². The van der Waals surface area contributed by atoms with Crippen molar-refractivity contribution in [3.8, 4) is 0 Å². The number of nitrogens with zero attached hydrogens (tertiary/aromatic N) is 2. The van der Waals surface area contributed by atoms with Crippen LogP contribution in [0.5, 0.6) is 0 Å². The SMILES string of the molecule is CC(C)CC(N)C(=O)NC(CCCN=C(N)N)C(=O)NC(CCCN=C(N)N)C(=O)NC(C)C(=O)NC(CO)C(=O)NC(C(=O)NC(C)C(=O)O)C(C)C. The molecule has 7 atom stereocenters. The van der Waals surface area contributed by atoms with Crippen molar-refractivity contribution >= 4 is 53.3 Å². The highest BCUT2D eigenvalue weighted by Gasteiger charge is 2.33. The zero-order chi connectivity index (χ0) is 41.7. The van der Waals surface area contributed by atoms with Gasteiger partial charge in [0, 0.05) is 13.1 Å². The molecule has 0 rings (SSSR count). The predicted octanol–water partition coefficient (Wildman–Crippen LogP) is -4.85. The van der Waals surface area contributed by atoms with E-state index in [-0.39, 0.29) is 56.6 Å². The second kappa shape index (κ2) is 24.9. The molecule has 0 heterocycles. The van der Waals surface area contributed by atoms with Gasteiger partial charge in [-0.15, -0.1) is 0 Å². The first-order valence-electron chi connectivity index (χ1n) is 17.6. The van der Waals surface area contributed by atoms with E-state index >= 15 is 0 Å². The Kier molecular flexibility index (Phi) is 22.5. The smallest absolute Gasteiger partial charge is 0.325 e. The minimum atomic E-state index is -1.57. The lowest BCUT2D eigenvalue weighted by Crippen LogP contribution is -2.60. The lowest BCUT2D eigenvalue weighted by molar-refractivity contribution is -0.142. The van der Waals surface area contributed by atoms with E-state index in [9.17, 15) is 38.7 Å². The van der Waals surface area contributed by atoms with E-state index < -0.39 is 96.2 Å². The van der Waals surface area contributed by atoms with E-state index in [2.05, 4.69) is 41.9 Å². The van der Waals surface area contributed by atoms with Crippen LogP contribution in [0.4, 0.5) is 0 Å². The number of guanidine groups is 2. The van der Waals surface area contributed by atoms with Gasteiger partial charge < -0.3 is 70.8 Å². The van der Waals surface area contributed by atoms with Gasteiger partial charge in [-0.05, 0) is 57.8 Å². The first kappa shape index (κ1) is 48.8. The van der Waals surface area contributed by atoms with Crippen molar-refractivity contribution in [2.75, 3.05) is 19.7 Å². The Bertz CT molecular complexity index is 1330. The molecule has 0 aromatic rings. The van der Waals surface area contributed by atoms with Crippen LogP contribution in [0.15, 0.2) is 9.98 Å². The summed E-state index contributed by atoms with van der Waals surface area (Å²) >= 11 is 0. The van der Waals surface area contributed by atoms with Crippen LogP contribution < -0.4 is 60.6 Å². The number of amides is 6. The topological polar surface area (TPSA) is 387 Å². The highest BCUT2D eigenvalue weighted by atomic mass is 16.4. The molecular weight excluding hydrogens is 710 g/mol. The summed E-state index contributed by atoms with van der Waals surface area (Å²) in [7, 11) is 0. The largest absolute Gasteiger partial charge is 0.480 e.